The van der Waals surface area contributed by atoms with Gasteiger partial charge in [0.1, 0.15) is 11.4 Å². The van der Waals surface area contributed by atoms with Gasteiger partial charge >= 0.3 is 21.1 Å². The summed E-state index contributed by atoms with van der Waals surface area (Å²) in [5.74, 6) is 0.269. The first-order valence-electron chi connectivity index (χ1n) is 16.5. The molecule has 1 N–H and O–H groups in total. The van der Waals surface area contributed by atoms with Crippen molar-refractivity contribution in [2.75, 3.05) is 0 Å². The van der Waals surface area contributed by atoms with Crippen LogP contribution >= 0.6 is 0 Å². The second kappa shape index (κ2) is 12.0. The molecule has 8 rings (SSSR count). The average Bonchev–Trinajstić information content (AvgIpc) is 3.48. The molecule has 0 aliphatic carbocycles. The number of phenols is 1. The molecule has 0 aliphatic heterocycles. The zero-order valence-electron chi connectivity index (χ0n) is 28.6. The monoisotopic (exact) mass is 819 g/mol. The van der Waals surface area contributed by atoms with E-state index < -0.39 is 0 Å². The number of imidazole rings is 1. The zero-order valence-corrected chi connectivity index (χ0v) is 30.8. The SMILES string of the molecule is CC(C)(C)c1cc(-[n+]2[c-]n3c4[c-]c(-c5ccccn5)ccc4c4ccccc4c4ccccc4c4cccc2c43)c(O)c(C(C)(C)C)c1.[Pt+2]. The number of aromatic nitrogens is 3. The minimum atomic E-state index is -0.272. The van der Waals surface area contributed by atoms with Crippen molar-refractivity contribution >= 4 is 48.9 Å². The van der Waals surface area contributed by atoms with E-state index in [0.717, 1.165) is 71.3 Å². The maximum atomic E-state index is 12.1. The molecule has 5 aromatic carbocycles. The molecule has 0 bridgehead atoms. The van der Waals surface area contributed by atoms with Gasteiger partial charge in [-0.15, -0.1) is 23.8 Å². The third kappa shape index (κ3) is 5.43. The Morgan fingerprint density at radius 2 is 1.27 bits per heavy atom. The Kier molecular flexibility index (Phi) is 7.99. The number of phenolic OH excluding ortho intramolecular Hbond substituents is 1. The summed E-state index contributed by atoms with van der Waals surface area (Å²) >= 11 is 0. The minimum Gasteiger partial charge on any atom is -0.511 e. The molecule has 0 radical (unpaired) electrons. The van der Waals surface area contributed by atoms with Crippen molar-refractivity contribution in [1.82, 2.24) is 9.38 Å². The van der Waals surface area contributed by atoms with Crippen LogP contribution < -0.4 is 4.57 Å². The topological polar surface area (TPSA) is 41.4 Å². The van der Waals surface area contributed by atoms with Crippen LogP contribution in [0.5, 0.6) is 5.75 Å². The Balaban J connectivity index is 0.00000378. The molecule has 0 spiro atoms. The van der Waals surface area contributed by atoms with Gasteiger partial charge in [-0.3, -0.25) is 4.57 Å². The molecule has 0 aliphatic rings. The van der Waals surface area contributed by atoms with Crippen LogP contribution in [0.4, 0.5) is 0 Å². The van der Waals surface area contributed by atoms with Crippen molar-refractivity contribution in [2.45, 2.75) is 52.4 Å². The van der Waals surface area contributed by atoms with Gasteiger partial charge in [-0.25, -0.2) is 0 Å². The van der Waals surface area contributed by atoms with E-state index in [1.807, 2.05) is 29.0 Å². The molecule has 0 unspecified atom stereocenters. The predicted molar refractivity (Wildman–Crippen MR) is 198 cm³/mol. The van der Waals surface area contributed by atoms with E-state index in [4.69, 9.17) is 0 Å². The van der Waals surface area contributed by atoms with Crippen LogP contribution in [0.1, 0.15) is 52.7 Å². The van der Waals surface area contributed by atoms with Crippen LogP contribution in [-0.4, -0.2) is 14.5 Å². The van der Waals surface area contributed by atoms with E-state index >= 15 is 0 Å². The van der Waals surface area contributed by atoms with Crippen molar-refractivity contribution in [3.63, 3.8) is 0 Å². The Morgan fingerprint density at radius 1 is 0.653 bits per heavy atom. The molecule has 0 saturated heterocycles. The van der Waals surface area contributed by atoms with Crippen molar-refractivity contribution in [2.24, 2.45) is 0 Å². The van der Waals surface area contributed by atoms with Gasteiger partial charge in [-0.2, -0.15) is 0 Å². The van der Waals surface area contributed by atoms with E-state index in [2.05, 4.69) is 154 Å². The van der Waals surface area contributed by atoms with Gasteiger partial charge in [0, 0.05) is 6.20 Å². The first-order valence-corrected chi connectivity index (χ1v) is 16.5. The van der Waals surface area contributed by atoms with Gasteiger partial charge in [-0.05, 0) is 66.8 Å². The van der Waals surface area contributed by atoms with Crippen LogP contribution in [0.2, 0.25) is 0 Å². The average molecular weight is 820 g/mol. The van der Waals surface area contributed by atoms with Crippen molar-refractivity contribution < 1.29 is 30.7 Å². The number of benzene rings is 5. The first-order chi connectivity index (χ1) is 23.0. The fourth-order valence-corrected chi connectivity index (χ4v) is 6.96. The number of pyridine rings is 1. The largest absolute Gasteiger partial charge is 2.00 e. The molecule has 0 amide bonds. The van der Waals surface area contributed by atoms with Crippen LogP contribution in [0.25, 0.3) is 65.8 Å². The summed E-state index contributed by atoms with van der Waals surface area (Å²) < 4.78 is 4.19. The molecule has 49 heavy (non-hydrogen) atoms. The second-order valence-corrected chi connectivity index (χ2v) is 14.8. The number of nitrogens with zero attached hydrogens (tertiary/aromatic N) is 3. The summed E-state index contributed by atoms with van der Waals surface area (Å²) in [6, 6.07) is 42.0. The van der Waals surface area contributed by atoms with Crippen molar-refractivity contribution in [1.29, 1.82) is 0 Å². The number of hydrogen-bond donors (Lipinski definition) is 1. The molecule has 8 aromatic rings. The summed E-state index contributed by atoms with van der Waals surface area (Å²) in [5.41, 5.74) is 6.93. The second-order valence-electron chi connectivity index (χ2n) is 14.8. The molecule has 0 fully saturated rings. The maximum absolute atomic E-state index is 12.1. The molecular formula is C44H38N3OPt+. The summed E-state index contributed by atoms with van der Waals surface area (Å²) in [6.45, 7) is 13.1. The third-order valence-corrected chi connectivity index (χ3v) is 9.50. The number of rotatable bonds is 2. The van der Waals surface area contributed by atoms with Crippen LogP contribution in [0.15, 0.2) is 115 Å². The molecule has 0 saturated carbocycles. The number of fused-ring (bicyclic) bond motifs is 7. The Labute approximate surface area is 301 Å². The smallest absolute Gasteiger partial charge is 0.511 e. The van der Waals surface area contributed by atoms with Gasteiger partial charge in [0.15, 0.2) is 0 Å². The van der Waals surface area contributed by atoms with Crippen LogP contribution in [0, 0.1) is 12.4 Å². The summed E-state index contributed by atoms with van der Waals surface area (Å²) in [7, 11) is 0. The zero-order chi connectivity index (χ0) is 33.4. The van der Waals surface area contributed by atoms with Crippen LogP contribution in [0.3, 0.4) is 0 Å². The van der Waals surface area contributed by atoms with E-state index in [-0.39, 0.29) is 37.6 Å². The molecule has 0 atom stereocenters. The van der Waals surface area contributed by atoms with E-state index in [9.17, 15) is 5.11 Å². The summed E-state index contributed by atoms with van der Waals surface area (Å²) in [5, 5.41) is 18.8. The van der Waals surface area contributed by atoms with Crippen molar-refractivity contribution in [3.8, 4) is 22.7 Å². The fraction of sp³-hybridized carbons (Fsp3) is 0.182. The van der Waals surface area contributed by atoms with Gasteiger partial charge < -0.3 is 14.5 Å². The minimum absolute atomic E-state index is 0. The van der Waals surface area contributed by atoms with Crippen LogP contribution in [-0.2, 0) is 31.9 Å². The van der Waals surface area contributed by atoms with Gasteiger partial charge in [-0.1, -0.05) is 137 Å². The third-order valence-electron chi connectivity index (χ3n) is 9.50. The standard InChI is InChI=1S/C44H38N3O.Pt/c1-43(2,3)29-25-36(44(4,5)6)42(48)40(26-29)46-27-47-39-24-28(37-19-11-12-23-45-37)21-22-34(39)32-16-9-7-14-30(32)31-15-8-10-17-33(31)35-18-13-20-38(46)41(35)47;/h7-23,25-26,48H,1-6H3;/q-1;+2. The summed E-state index contributed by atoms with van der Waals surface area (Å²) in [4.78, 5) is 4.67. The van der Waals surface area contributed by atoms with E-state index in [1.165, 1.54) is 0 Å². The Hall–Kier alpha value is -4.79. The normalized spacial score (nSPS) is 12.2. The van der Waals surface area contributed by atoms with Gasteiger partial charge in [0.05, 0.1) is 11.0 Å². The molecule has 4 nitrogen and oxygen atoms in total. The van der Waals surface area contributed by atoms with E-state index in [0.29, 0.717) is 5.69 Å². The Bertz CT molecular complexity index is 2590. The molecular weight excluding hydrogens is 782 g/mol. The van der Waals surface area contributed by atoms with Crippen molar-refractivity contribution in [3.05, 3.63) is 139 Å². The predicted octanol–water partition coefficient (Wildman–Crippen LogP) is 10.4. The molecule has 3 aromatic heterocycles. The maximum Gasteiger partial charge on any atom is 2.00 e. The molecule has 244 valence electrons. The number of para-hydroxylation sites is 1. The van der Waals surface area contributed by atoms with E-state index in [1.54, 1.807) is 0 Å². The Morgan fingerprint density at radius 3 is 1.88 bits per heavy atom. The first kappa shape index (κ1) is 32.7. The number of aromatic hydroxyl groups is 1. The summed E-state index contributed by atoms with van der Waals surface area (Å²) in [6.07, 6.45) is 5.58. The molecule has 3 heterocycles. The quantitative estimate of drug-likeness (QED) is 0.139. The number of hydrogen-bond acceptors (Lipinski definition) is 2. The fourth-order valence-electron chi connectivity index (χ4n) is 6.96. The molecule has 5 heteroatoms. The van der Waals surface area contributed by atoms with Gasteiger partial charge in [0.25, 0.3) is 6.33 Å². The van der Waals surface area contributed by atoms with Gasteiger partial charge in [0.2, 0.25) is 0 Å².